The predicted octanol–water partition coefficient (Wildman–Crippen LogP) is 2.59. The van der Waals surface area contributed by atoms with Gasteiger partial charge in [-0.3, -0.25) is 20.2 Å². The zero-order chi connectivity index (χ0) is 13.3. The smallest absolute Gasteiger partial charge is 0.272 e. The van der Waals surface area contributed by atoms with Crippen molar-refractivity contribution < 1.29 is 4.92 Å². The number of hydrogen-bond donors (Lipinski definition) is 1. The average molecular weight is 246 g/mol. The zero-order valence-electron chi connectivity index (χ0n) is 10.5. The van der Waals surface area contributed by atoms with Crippen molar-refractivity contribution in [2.24, 2.45) is 0 Å². The molecule has 94 valence electrons. The van der Waals surface area contributed by atoms with Gasteiger partial charge in [-0.15, -0.1) is 0 Å². The van der Waals surface area contributed by atoms with Crippen molar-refractivity contribution in [3.05, 3.63) is 51.5 Å². The third kappa shape index (κ3) is 2.17. The highest BCUT2D eigenvalue weighted by atomic mass is 16.6. The number of rotatable bonds is 3. The molecule has 0 aliphatic heterocycles. The SMILES string of the molecule is Cc1ccc([N+](=O)[O-])c(Nn2c(C)ccc2C)n1. The normalized spacial score (nSPS) is 10.4. The van der Waals surface area contributed by atoms with Gasteiger partial charge in [0.2, 0.25) is 5.82 Å². The lowest BCUT2D eigenvalue weighted by Gasteiger charge is -2.12. The molecule has 0 bridgehead atoms. The van der Waals surface area contributed by atoms with Gasteiger partial charge in [0.15, 0.2) is 0 Å². The molecule has 0 aliphatic carbocycles. The lowest BCUT2D eigenvalue weighted by atomic mass is 10.3. The molecule has 0 fully saturated rings. The van der Waals surface area contributed by atoms with Crippen LogP contribution in [0.5, 0.6) is 0 Å². The van der Waals surface area contributed by atoms with Crippen LogP contribution < -0.4 is 5.43 Å². The van der Waals surface area contributed by atoms with Crippen LogP contribution in [0.3, 0.4) is 0 Å². The second kappa shape index (κ2) is 4.48. The van der Waals surface area contributed by atoms with Crippen LogP contribution in [-0.2, 0) is 0 Å². The highest BCUT2D eigenvalue weighted by Crippen LogP contribution is 2.23. The second-order valence-electron chi connectivity index (χ2n) is 4.14. The Morgan fingerprint density at radius 3 is 2.33 bits per heavy atom. The number of aryl methyl sites for hydroxylation is 3. The molecule has 2 rings (SSSR count). The fourth-order valence-electron chi connectivity index (χ4n) is 1.73. The van der Waals surface area contributed by atoms with E-state index in [1.54, 1.807) is 17.7 Å². The summed E-state index contributed by atoms with van der Waals surface area (Å²) in [6, 6.07) is 6.95. The van der Waals surface area contributed by atoms with E-state index in [0.29, 0.717) is 0 Å². The van der Waals surface area contributed by atoms with Crippen molar-refractivity contribution in [2.45, 2.75) is 20.8 Å². The Labute approximate surface area is 104 Å². The van der Waals surface area contributed by atoms with Gasteiger partial charge in [-0.25, -0.2) is 4.98 Å². The van der Waals surface area contributed by atoms with E-state index in [-0.39, 0.29) is 11.5 Å². The van der Waals surface area contributed by atoms with Gasteiger partial charge in [-0.05, 0) is 39.0 Å². The van der Waals surface area contributed by atoms with Crippen LogP contribution >= 0.6 is 0 Å². The zero-order valence-corrected chi connectivity index (χ0v) is 10.5. The van der Waals surface area contributed by atoms with E-state index in [1.165, 1.54) is 6.07 Å². The maximum Gasteiger partial charge on any atom is 0.313 e. The summed E-state index contributed by atoms with van der Waals surface area (Å²) in [6.45, 7) is 5.63. The first kappa shape index (κ1) is 12.1. The van der Waals surface area contributed by atoms with Gasteiger partial charge in [0.25, 0.3) is 0 Å². The molecule has 0 saturated heterocycles. The molecule has 6 heteroatoms. The Kier molecular flexibility index (Phi) is 3.01. The van der Waals surface area contributed by atoms with Crippen LogP contribution in [0.1, 0.15) is 17.1 Å². The number of hydrogen-bond acceptors (Lipinski definition) is 4. The summed E-state index contributed by atoms with van der Waals surface area (Å²) >= 11 is 0. The van der Waals surface area contributed by atoms with Gasteiger partial charge in [-0.2, -0.15) is 0 Å². The Hall–Kier alpha value is -2.37. The molecule has 2 aromatic rings. The number of nitrogens with zero attached hydrogens (tertiary/aromatic N) is 3. The van der Waals surface area contributed by atoms with Crippen LogP contribution in [0.25, 0.3) is 0 Å². The van der Waals surface area contributed by atoms with Crippen molar-refractivity contribution in [3.8, 4) is 0 Å². The fourth-order valence-corrected chi connectivity index (χ4v) is 1.73. The third-order valence-electron chi connectivity index (χ3n) is 2.70. The molecule has 2 aromatic heterocycles. The molecule has 1 N–H and O–H groups in total. The molecule has 0 radical (unpaired) electrons. The number of anilines is 1. The van der Waals surface area contributed by atoms with Crippen LogP contribution in [0.2, 0.25) is 0 Å². The van der Waals surface area contributed by atoms with E-state index in [9.17, 15) is 10.1 Å². The minimum atomic E-state index is -0.442. The molecule has 0 aromatic carbocycles. The van der Waals surface area contributed by atoms with Gasteiger partial charge in [0.05, 0.1) is 4.92 Å². The van der Waals surface area contributed by atoms with Crippen molar-refractivity contribution >= 4 is 11.5 Å². The van der Waals surface area contributed by atoms with Gasteiger partial charge in [0.1, 0.15) is 0 Å². The van der Waals surface area contributed by atoms with Crippen LogP contribution in [-0.4, -0.2) is 14.6 Å². The molecule has 0 unspecified atom stereocenters. The van der Waals surface area contributed by atoms with E-state index in [4.69, 9.17) is 0 Å². The third-order valence-corrected chi connectivity index (χ3v) is 2.70. The molecule has 18 heavy (non-hydrogen) atoms. The highest BCUT2D eigenvalue weighted by Gasteiger charge is 2.16. The monoisotopic (exact) mass is 246 g/mol. The predicted molar refractivity (Wildman–Crippen MR) is 68.6 cm³/mol. The maximum absolute atomic E-state index is 10.9. The van der Waals surface area contributed by atoms with E-state index >= 15 is 0 Å². The highest BCUT2D eigenvalue weighted by molar-refractivity contribution is 5.56. The Morgan fingerprint density at radius 2 is 1.78 bits per heavy atom. The summed E-state index contributed by atoms with van der Waals surface area (Å²) in [5, 5.41) is 10.9. The van der Waals surface area contributed by atoms with Gasteiger partial charge < -0.3 is 0 Å². The molecular weight excluding hydrogens is 232 g/mol. The lowest BCUT2D eigenvalue weighted by Crippen LogP contribution is -2.15. The van der Waals surface area contributed by atoms with Gasteiger partial charge >= 0.3 is 5.69 Å². The van der Waals surface area contributed by atoms with Crippen molar-refractivity contribution in [2.75, 3.05) is 5.43 Å². The standard InChI is InChI=1S/C12H14N4O2/c1-8-4-7-11(16(17)18)12(13-8)14-15-9(2)5-6-10(15)3/h4-7H,1-3H3,(H,13,14). The number of nitro groups is 1. The van der Waals surface area contributed by atoms with Crippen molar-refractivity contribution in [3.63, 3.8) is 0 Å². The minimum Gasteiger partial charge on any atom is -0.272 e. The lowest BCUT2D eigenvalue weighted by molar-refractivity contribution is -0.384. The molecule has 2 heterocycles. The first-order valence-corrected chi connectivity index (χ1v) is 5.53. The van der Waals surface area contributed by atoms with Gasteiger partial charge in [0, 0.05) is 23.1 Å². The van der Waals surface area contributed by atoms with Crippen LogP contribution in [0.15, 0.2) is 24.3 Å². The van der Waals surface area contributed by atoms with E-state index in [2.05, 4.69) is 10.4 Å². The quantitative estimate of drug-likeness (QED) is 0.667. The van der Waals surface area contributed by atoms with Crippen molar-refractivity contribution in [1.29, 1.82) is 0 Å². The summed E-state index contributed by atoms with van der Waals surface area (Å²) in [4.78, 5) is 14.7. The average Bonchev–Trinajstić information content (AvgIpc) is 2.60. The maximum atomic E-state index is 10.9. The Morgan fingerprint density at radius 1 is 1.17 bits per heavy atom. The molecule has 0 aliphatic rings. The van der Waals surface area contributed by atoms with E-state index in [0.717, 1.165) is 17.1 Å². The summed E-state index contributed by atoms with van der Waals surface area (Å²) in [6.07, 6.45) is 0. The summed E-state index contributed by atoms with van der Waals surface area (Å²) in [7, 11) is 0. The second-order valence-corrected chi connectivity index (χ2v) is 4.14. The Bertz CT molecular complexity index is 585. The van der Waals surface area contributed by atoms with Gasteiger partial charge in [-0.1, -0.05) is 0 Å². The number of aromatic nitrogens is 2. The Balaban J connectivity index is 2.45. The van der Waals surface area contributed by atoms with Crippen LogP contribution in [0.4, 0.5) is 11.5 Å². The topological polar surface area (TPSA) is 73.0 Å². The van der Waals surface area contributed by atoms with E-state index < -0.39 is 4.92 Å². The first-order chi connectivity index (χ1) is 8.49. The molecule has 0 atom stereocenters. The van der Waals surface area contributed by atoms with E-state index in [1.807, 2.05) is 26.0 Å². The van der Waals surface area contributed by atoms with Crippen LogP contribution in [0, 0.1) is 30.9 Å². The first-order valence-electron chi connectivity index (χ1n) is 5.53. The van der Waals surface area contributed by atoms with Crippen molar-refractivity contribution in [1.82, 2.24) is 9.66 Å². The molecule has 0 spiro atoms. The number of pyridine rings is 1. The molecular formula is C12H14N4O2. The molecule has 0 amide bonds. The molecule has 0 saturated carbocycles. The molecule has 6 nitrogen and oxygen atoms in total. The number of nitrogens with one attached hydrogen (secondary N) is 1. The fraction of sp³-hybridized carbons (Fsp3) is 0.250. The summed E-state index contributed by atoms with van der Waals surface area (Å²) in [5.74, 6) is 0.252. The summed E-state index contributed by atoms with van der Waals surface area (Å²) < 4.78 is 1.77. The summed E-state index contributed by atoms with van der Waals surface area (Å²) in [5.41, 5.74) is 5.59. The minimum absolute atomic E-state index is 0.0342. The largest absolute Gasteiger partial charge is 0.313 e.